The topological polar surface area (TPSA) is 48.7 Å². The molecule has 0 fully saturated rings. The summed E-state index contributed by atoms with van der Waals surface area (Å²) in [6.07, 6.45) is 1.40. The van der Waals surface area contributed by atoms with Crippen molar-refractivity contribution in [3.8, 4) is 11.5 Å². The van der Waals surface area contributed by atoms with Gasteiger partial charge in [-0.1, -0.05) is 30.3 Å². The predicted molar refractivity (Wildman–Crippen MR) is 75.6 cm³/mol. The predicted octanol–water partition coefficient (Wildman–Crippen LogP) is 1.96. The third-order valence-electron chi connectivity index (χ3n) is 3.32. The molecule has 96 valence electrons. The standard InChI is InChI=1S/C15H9BO4/c17-15-11-6-2-1-5-10(11)12(9-18-15)16-19-13-7-3-4-8-14(13)20-16/h1-9H. The first-order chi connectivity index (χ1) is 9.83. The smallest absolute Gasteiger partial charge is 0.519 e. The quantitative estimate of drug-likeness (QED) is 0.630. The summed E-state index contributed by atoms with van der Waals surface area (Å²) in [6.45, 7) is 0. The van der Waals surface area contributed by atoms with Gasteiger partial charge in [-0.25, -0.2) is 4.79 Å². The highest BCUT2D eigenvalue weighted by atomic mass is 16.6. The van der Waals surface area contributed by atoms with Crippen molar-refractivity contribution in [1.29, 1.82) is 0 Å². The largest absolute Gasteiger partial charge is 0.636 e. The van der Waals surface area contributed by atoms with Gasteiger partial charge >= 0.3 is 12.7 Å². The zero-order valence-electron chi connectivity index (χ0n) is 10.4. The summed E-state index contributed by atoms with van der Waals surface area (Å²) in [5, 5.41) is 1.30. The van der Waals surface area contributed by atoms with Crippen molar-refractivity contribution in [2.45, 2.75) is 0 Å². The van der Waals surface area contributed by atoms with Crippen LogP contribution in [0.1, 0.15) is 0 Å². The van der Waals surface area contributed by atoms with Crippen LogP contribution in [-0.4, -0.2) is 7.12 Å². The zero-order chi connectivity index (χ0) is 13.5. The van der Waals surface area contributed by atoms with Gasteiger partial charge in [-0.2, -0.15) is 0 Å². The Kier molecular flexibility index (Phi) is 2.33. The summed E-state index contributed by atoms with van der Waals surface area (Å²) in [4.78, 5) is 11.7. The SMILES string of the molecule is O=c1occ(B2Oc3ccccc3O2)c2ccccc12. The van der Waals surface area contributed by atoms with E-state index in [-0.39, 0.29) is 5.63 Å². The molecule has 3 aromatic rings. The summed E-state index contributed by atoms with van der Waals surface area (Å²) in [7, 11) is -0.596. The van der Waals surface area contributed by atoms with Gasteiger partial charge in [0.1, 0.15) is 11.5 Å². The second kappa shape index (κ2) is 4.16. The van der Waals surface area contributed by atoms with Gasteiger partial charge in [0.2, 0.25) is 0 Å². The highest BCUT2D eigenvalue weighted by Gasteiger charge is 2.36. The normalized spacial score (nSPS) is 12.9. The molecule has 0 amide bonds. The zero-order valence-corrected chi connectivity index (χ0v) is 10.4. The second-order valence-corrected chi connectivity index (χ2v) is 4.54. The van der Waals surface area contributed by atoms with Crippen LogP contribution in [0.25, 0.3) is 10.8 Å². The van der Waals surface area contributed by atoms with Gasteiger partial charge in [0.05, 0.1) is 17.1 Å². The Morgan fingerprint density at radius 1 is 0.800 bits per heavy atom. The molecule has 4 nitrogen and oxygen atoms in total. The van der Waals surface area contributed by atoms with E-state index in [0.29, 0.717) is 22.3 Å². The first kappa shape index (κ1) is 11.2. The van der Waals surface area contributed by atoms with E-state index in [2.05, 4.69) is 0 Å². The van der Waals surface area contributed by atoms with Crippen molar-refractivity contribution >= 4 is 23.4 Å². The van der Waals surface area contributed by atoms with Crippen LogP contribution in [0, 0.1) is 0 Å². The lowest BCUT2D eigenvalue weighted by Gasteiger charge is -2.07. The summed E-state index contributed by atoms with van der Waals surface area (Å²) >= 11 is 0. The molecule has 0 N–H and O–H groups in total. The molecule has 2 heterocycles. The van der Waals surface area contributed by atoms with Gasteiger partial charge in [0.25, 0.3) is 0 Å². The number of hydrogen-bond donors (Lipinski definition) is 0. The monoisotopic (exact) mass is 264 g/mol. The fraction of sp³-hybridized carbons (Fsp3) is 0. The van der Waals surface area contributed by atoms with Crippen molar-refractivity contribution in [1.82, 2.24) is 0 Å². The van der Waals surface area contributed by atoms with Crippen molar-refractivity contribution in [2.75, 3.05) is 0 Å². The van der Waals surface area contributed by atoms with E-state index >= 15 is 0 Å². The molecule has 1 aliphatic heterocycles. The van der Waals surface area contributed by atoms with Gasteiger partial charge < -0.3 is 13.7 Å². The Bertz CT molecular complexity index is 831. The summed E-state index contributed by atoms with van der Waals surface area (Å²) < 4.78 is 16.6. The number of para-hydroxylation sites is 2. The second-order valence-electron chi connectivity index (χ2n) is 4.54. The Balaban J connectivity index is 1.86. The Labute approximate surface area is 114 Å². The maximum absolute atomic E-state index is 11.7. The van der Waals surface area contributed by atoms with Crippen LogP contribution in [0.3, 0.4) is 0 Å². The molecule has 1 aromatic heterocycles. The summed E-state index contributed by atoms with van der Waals surface area (Å²) in [5.41, 5.74) is 0.344. The summed E-state index contributed by atoms with van der Waals surface area (Å²) in [6, 6.07) is 14.7. The van der Waals surface area contributed by atoms with Gasteiger partial charge in [0, 0.05) is 0 Å². The van der Waals surface area contributed by atoms with Crippen LogP contribution in [0.2, 0.25) is 0 Å². The molecule has 0 bridgehead atoms. The highest BCUT2D eigenvalue weighted by Crippen LogP contribution is 2.32. The van der Waals surface area contributed by atoms with Crippen molar-refractivity contribution < 1.29 is 13.7 Å². The molecule has 2 aromatic carbocycles. The molecular weight excluding hydrogens is 255 g/mol. The first-order valence-corrected chi connectivity index (χ1v) is 6.26. The van der Waals surface area contributed by atoms with Crippen LogP contribution in [0.4, 0.5) is 0 Å². The molecule has 5 heteroatoms. The van der Waals surface area contributed by atoms with Crippen LogP contribution < -0.4 is 20.4 Å². The van der Waals surface area contributed by atoms with Crippen LogP contribution in [-0.2, 0) is 0 Å². The molecule has 0 spiro atoms. The average molecular weight is 264 g/mol. The molecule has 0 radical (unpaired) electrons. The third-order valence-corrected chi connectivity index (χ3v) is 3.32. The van der Waals surface area contributed by atoms with E-state index in [1.807, 2.05) is 36.4 Å². The Hall–Kier alpha value is -2.69. The minimum atomic E-state index is -0.596. The van der Waals surface area contributed by atoms with E-state index in [1.165, 1.54) is 6.26 Å². The Morgan fingerprint density at radius 2 is 1.40 bits per heavy atom. The molecule has 0 aliphatic carbocycles. The lowest BCUT2D eigenvalue weighted by atomic mass is 9.78. The molecule has 0 saturated heterocycles. The fourth-order valence-corrected chi connectivity index (χ4v) is 2.37. The summed E-state index contributed by atoms with van der Waals surface area (Å²) in [5.74, 6) is 1.38. The first-order valence-electron chi connectivity index (χ1n) is 6.26. The number of benzene rings is 2. The number of rotatable bonds is 1. The Morgan fingerprint density at radius 3 is 2.10 bits per heavy atom. The minimum absolute atomic E-state index is 0.361. The number of hydrogen-bond acceptors (Lipinski definition) is 4. The van der Waals surface area contributed by atoms with Crippen molar-refractivity contribution in [3.63, 3.8) is 0 Å². The fourth-order valence-electron chi connectivity index (χ4n) is 2.37. The van der Waals surface area contributed by atoms with E-state index in [1.54, 1.807) is 12.1 Å². The van der Waals surface area contributed by atoms with E-state index < -0.39 is 7.12 Å². The molecule has 4 rings (SSSR count). The van der Waals surface area contributed by atoms with Gasteiger partial charge in [-0.3, -0.25) is 0 Å². The highest BCUT2D eigenvalue weighted by molar-refractivity contribution is 6.66. The van der Waals surface area contributed by atoms with Gasteiger partial charge in [-0.15, -0.1) is 0 Å². The third kappa shape index (κ3) is 1.60. The molecule has 1 aliphatic rings. The van der Waals surface area contributed by atoms with E-state index in [4.69, 9.17) is 13.7 Å². The number of fused-ring (bicyclic) bond motifs is 2. The molecule has 0 unspecified atom stereocenters. The minimum Gasteiger partial charge on any atom is -0.519 e. The maximum atomic E-state index is 11.7. The molecule has 0 saturated carbocycles. The average Bonchev–Trinajstić information content (AvgIpc) is 2.91. The van der Waals surface area contributed by atoms with Crippen LogP contribution in [0.15, 0.2) is 64.0 Å². The van der Waals surface area contributed by atoms with E-state index in [0.717, 1.165) is 5.39 Å². The van der Waals surface area contributed by atoms with Gasteiger partial charge in [0.15, 0.2) is 0 Å². The van der Waals surface area contributed by atoms with Crippen molar-refractivity contribution in [2.24, 2.45) is 0 Å². The van der Waals surface area contributed by atoms with E-state index in [9.17, 15) is 4.79 Å². The van der Waals surface area contributed by atoms with Crippen LogP contribution in [0.5, 0.6) is 11.5 Å². The van der Waals surface area contributed by atoms with Crippen molar-refractivity contribution in [3.05, 3.63) is 65.2 Å². The van der Waals surface area contributed by atoms with Gasteiger partial charge in [-0.05, 0) is 23.6 Å². The molecular formula is C15H9BO4. The maximum Gasteiger partial charge on any atom is 0.636 e. The molecule has 0 atom stereocenters. The van der Waals surface area contributed by atoms with Crippen LogP contribution >= 0.6 is 0 Å². The molecule has 20 heavy (non-hydrogen) atoms. The lowest BCUT2D eigenvalue weighted by molar-refractivity contribution is 0.502. The lowest BCUT2D eigenvalue weighted by Crippen LogP contribution is -2.40.